The Morgan fingerprint density at radius 3 is 1.67 bits per heavy atom. The number of carbonyl (C=O) groups is 7. The number of nitrogens with one attached hydrogen (secondary N) is 7. The quantitative estimate of drug-likeness (QED) is 0.0520. The summed E-state index contributed by atoms with van der Waals surface area (Å²) < 4.78 is 15.6. The number of hydrogen-bond acceptors (Lipinski definition) is 12. The van der Waals surface area contributed by atoms with E-state index in [1.165, 1.54) is 43.7 Å². The number of nitrogens with zero attached hydrogens (tertiary/aromatic N) is 1. The Hall–Kier alpha value is -5.41. The number of rotatable bonds is 22. The second-order valence-electron chi connectivity index (χ2n) is 13.9. The van der Waals surface area contributed by atoms with Crippen molar-refractivity contribution < 1.29 is 62.7 Å². The maximum Gasteiger partial charge on any atom is 0.524 e. The molecular weight excluding hydrogens is 773 g/mol. The molecule has 1 unspecified atom stereocenters. The molecule has 2 aromatic rings. The highest BCUT2D eigenvalue weighted by Crippen LogP contribution is 2.37. The molecule has 0 bridgehead atoms. The van der Waals surface area contributed by atoms with Crippen molar-refractivity contribution in [3.8, 4) is 5.75 Å². The third-order valence-corrected chi connectivity index (χ3v) is 8.74. The van der Waals surface area contributed by atoms with Gasteiger partial charge in [0, 0.05) is 31.7 Å². The normalized spacial score (nSPS) is 15.2. The lowest BCUT2D eigenvalue weighted by Crippen LogP contribution is -2.63. The number of aromatic amines is 1. The van der Waals surface area contributed by atoms with Gasteiger partial charge in [0.15, 0.2) is 0 Å². The molecule has 57 heavy (non-hydrogen) atoms. The topological polar surface area (TPSA) is 354 Å². The van der Waals surface area contributed by atoms with Gasteiger partial charge in [-0.2, -0.15) is 0 Å². The molecular formula is C34H52N9O13P. The minimum absolute atomic E-state index is 0.00404. The van der Waals surface area contributed by atoms with Crippen LogP contribution >= 0.6 is 7.82 Å². The number of aromatic nitrogens is 2. The number of imidazole rings is 1. The average molecular weight is 826 g/mol. The molecule has 7 atom stereocenters. The Bertz CT molecular complexity index is 1750. The summed E-state index contributed by atoms with van der Waals surface area (Å²) in [5.41, 5.74) is 6.42. The maximum absolute atomic E-state index is 13.5. The highest BCUT2D eigenvalue weighted by molar-refractivity contribution is 7.46. The summed E-state index contributed by atoms with van der Waals surface area (Å²) in [4.78, 5) is 115. The second kappa shape index (κ2) is 21.8. The predicted molar refractivity (Wildman–Crippen MR) is 200 cm³/mol. The molecule has 7 amide bonds. The number of primary amides is 1. The number of benzene rings is 1. The molecule has 1 aromatic carbocycles. The number of hydrogen-bond donors (Lipinski definition) is 12. The van der Waals surface area contributed by atoms with Gasteiger partial charge < -0.3 is 57.4 Å². The molecule has 0 radical (unpaired) electrons. The zero-order valence-corrected chi connectivity index (χ0v) is 33.1. The minimum Gasteiger partial charge on any atom is -0.404 e. The number of H-pyrrole nitrogens is 1. The van der Waals surface area contributed by atoms with Crippen molar-refractivity contribution in [3.05, 3.63) is 48.0 Å². The van der Waals surface area contributed by atoms with Crippen LogP contribution in [0.3, 0.4) is 0 Å². The standard InChI is InChI=1S/C34H52N9O13P/c1-16(2)26(32(50)39-23(29(35)47)12-21-13-36-15-37-21)41-33(51)27(17(3)4)42-34(52)28(18(5)45)43-31(49)25(14-44)40-30(48)24(38-19(6)46)11-20-7-9-22(10-8-20)56-57(53,54)55/h7-10,13,15-18,23-28,44-45H,11-12,14H2,1-6H3,(H2,35,47)(H,36,37)(H,38,46)(H,39,50)(H,40,48)(H,41,51)(H,42,52)(H,43,49)(H2,53,54,55)/t18?,23-,24-,25-,26-,27-,28-/m0/s1. The van der Waals surface area contributed by atoms with E-state index < -0.39 is 110 Å². The summed E-state index contributed by atoms with van der Waals surface area (Å²) in [6, 6.07) is -3.18. The fourth-order valence-corrected chi connectivity index (χ4v) is 5.69. The van der Waals surface area contributed by atoms with E-state index in [0.29, 0.717) is 11.3 Å². The number of carbonyl (C=O) groups excluding carboxylic acids is 7. The number of nitrogens with two attached hydrogens (primary N) is 1. The van der Waals surface area contributed by atoms with Crippen LogP contribution in [0.5, 0.6) is 5.75 Å². The van der Waals surface area contributed by atoms with E-state index in [4.69, 9.17) is 15.5 Å². The Kier molecular flexibility index (Phi) is 18.2. The first-order chi connectivity index (χ1) is 26.5. The molecule has 0 aliphatic heterocycles. The van der Waals surface area contributed by atoms with E-state index in [1.807, 2.05) is 0 Å². The summed E-state index contributed by atoms with van der Waals surface area (Å²) in [6.07, 6.45) is 1.10. The van der Waals surface area contributed by atoms with Gasteiger partial charge in [-0.05, 0) is 36.5 Å². The van der Waals surface area contributed by atoms with Crippen molar-refractivity contribution in [1.82, 2.24) is 41.9 Å². The van der Waals surface area contributed by atoms with Gasteiger partial charge in [-0.25, -0.2) is 9.55 Å². The summed E-state index contributed by atoms with van der Waals surface area (Å²) >= 11 is 0. The van der Waals surface area contributed by atoms with Crippen molar-refractivity contribution in [2.45, 2.75) is 96.7 Å². The van der Waals surface area contributed by atoms with Crippen molar-refractivity contribution >= 4 is 49.2 Å². The van der Waals surface area contributed by atoms with Crippen LogP contribution < -0.4 is 42.2 Å². The van der Waals surface area contributed by atoms with Crippen LogP contribution in [0.2, 0.25) is 0 Å². The van der Waals surface area contributed by atoms with Crippen LogP contribution in [0.25, 0.3) is 0 Å². The molecule has 0 saturated heterocycles. The summed E-state index contributed by atoms with van der Waals surface area (Å²) in [7, 11) is -4.83. The minimum atomic E-state index is -4.83. The zero-order chi connectivity index (χ0) is 43.2. The van der Waals surface area contributed by atoms with Gasteiger partial charge in [0.2, 0.25) is 41.4 Å². The van der Waals surface area contributed by atoms with Crippen LogP contribution in [0.15, 0.2) is 36.8 Å². The summed E-state index contributed by atoms with van der Waals surface area (Å²) in [5.74, 6) is -7.34. The molecule has 1 heterocycles. The SMILES string of the molecule is CC(=O)N[C@@H](Cc1ccc(OP(=O)(O)O)cc1)C(=O)N[C@@H](CO)C(=O)N[C@H](C(=O)N[C@H](C(=O)N[C@H](C(=O)N[C@@H](Cc1cnc[nH]1)C(N)=O)C(C)C)C(C)C)C(C)O. The number of phosphoric ester groups is 1. The van der Waals surface area contributed by atoms with Gasteiger partial charge in [0.05, 0.1) is 19.0 Å². The zero-order valence-electron chi connectivity index (χ0n) is 32.2. The van der Waals surface area contributed by atoms with Crippen LogP contribution in [0.4, 0.5) is 0 Å². The monoisotopic (exact) mass is 825 g/mol. The summed E-state index contributed by atoms with van der Waals surface area (Å²) in [5, 5.41) is 35.0. The van der Waals surface area contributed by atoms with Gasteiger partial charge in [-0.1, -0.05) is 39.8 Å². The molecule has 0 saturated carbocycles. The number of aliphatic hydroxyl groups is 2. The molecule has 23 heteroatoms. The van der Waals surface area contributed by atoms with Gasteiger partial charge in [0.1, 0.15) is 42.0 Å². The molecule has 22 nitrogen and oxygen atoms in total. The van der Waals surface area contributed by atoms with Gasteiger partial charge in [-0.15, -0.1) is 0 Å². The third kappa shape index (κ3) is 15.9. The molecule has 13 N–H and O–H groups in total. The van der Waals surface area contributed by atoms with Crippen molar-refractivity contribution in [2.75, 3.05) is 6.61 Å². The molecule has 0 spiro atoms. The number of aliphatic hydroxyl groups excluding tert-OH is 2. The molecule has 2 rings (SSSR count). The Morgan fingerprint density at radius 2 is 1.23 bits per heavy atom. The predicted octanol–water partition coefficient (Wildman–Crippen LogP) is -3.23. The summed E-state index contributed by atoms with van der Waals surface area (Å²) in [6.45, 7) is 7.77. The van der Waals surface area contributed by atoms with E-state index in [-0.39, 0.29) is 18.6 Å². The fraction of sp³-hybridized carbons (Fsp3) is 0.529. The van der Waals surface area contributed by atoms with E-state index in [1.54, 1.807) is 27.7 Å². The Labute approximate surface area is 328 Å². The highest BCUT2D eigenvalue weighted by atomic mass is 31.2. The van der Waals surface area contributed by atoms with Gasteiger partial charge >= 0.3 is 7.82 Å². The van der Waals surface area contributed by atoms with Crippen molar-refractivity contribution in [1.29, 1.82) is 0 Å². The first-order valence-electron chi connectivity index (χ1n) is 17.7. The molecule has 1 aromatic heterocycles. The van der Waals surface area contributed by atoms with E-state index in [0.717, 1.165) is 6.92 Å². The van der Waals surface area contributed by atoms with Crippen molar-refractivity contribution in [2.24, 2.45) is 17.6 Å². The third-order valence-electron chi connectivity index (χ3n) is 8.29. The lowest BCUT2D eigenvalue weighted by molar-refractivity contribution is -0.138. The fourth-order valence-electron chi connectivity index (χ4n) is 5.30. The first-order valence-corrected chi connectivity index (χ1v) is 19.2. The molecule has 0 fully saturated rings. The lowest BCUT2D eigenvalue weighted by atomic mass is 9.98. The van der Waals surface area contributed by atoms with E-state index >= 15 is 0 Å². The van der Waals surface area contributed by atoms with Crippen LogP contribution in [-0.2, 0) is 51.0 Å². The van der Waals surface area contributed by atoms with Gasteiger partial charge in [0.25, 0.3) is 0 Å². The Morgan fingerprint density at radius 1 is 0.737 bits per heavy atom. The van der Waals surface area contributed by atoms with E-state index in [2.05, 4.69) is 46.4 Å². The molecule has 0 aliphatic rings. The molecule has 316 valence electrons. The highest BCUT2D eigenvalue weighted by Gasteiger charge is 2.36. The van der Waals surface area contributed by atoms with Crippen molar-refractivity contribution in [3.63, 3.8) is 0 Å². The van der Waals surface area contributed by atoms with E-state index in [9.17, 15) is 48.3 Å². The smallest absolute Gasteiger partial charge is 0.404 e. The van der Waals surface area contributed by atoms with Gasteiger partial charge in [-0.3, -0.25) is 43.3 Å². The Balaban J connectivity index is 2.16. The van der Waals surface area contributed by atoms with Crippen LogP contribution in [0, 0.1) is 11.8 Å². The number of amides is 7. The first kappa shape index (κ1) is 47.7. The largest absolute Gasteiger partial charge is 0.524 e. The van der Waals surface area contributed by atoms with Crippen LogP contribution in [0.1, 0.15) is 52.8 Å². The number of phosphoric acid groups is 1. The maximum atomic E-state index is 13.5. The lowest BCUT2D eigenvalue weighted by Gasteiger charge is -2.30. The average Bonchev–Trinajstić information content (AvgIpc) is 3.62. The second-order valence-corrected chi connectivity index (χ2v) is 15.0. The molecule has 0 aliphatic carbocycles. The van der Waals surface area contributed by atoms with Crippen LogP contribution in [-0.4, -0.2) is 120 Å².